The van der Waals surface area contributed by atoms with Crippen molar-refractivity contribution in [2.24, 2.45) is 0 Å². The molecule has 0 bridgehead atoms. The average Bonchev–Trinajstić information content (AvgIpc) is 2.58. The van der Waals surface area contributed by atoms with Crippen molar-refractivity contribution in [2.75, 3.05) is 0 Å². The maximum Gasteiger partial charge on any atom is 0.262 e. The highest BCUT2D eigenvalue weighted by Crippen LogP contribution is 2.09. The third-order valence-corrected chi connectivity index (χ3v) is 1.86. The summed E-state index contributed by atoms with van der Waals surface area (Å²) in [7, 11) is 0. The fourth-order valence-corrected chi connectivity index (χ4v) is 1.23. The summed E-state index contributed by atoms with van der Waals surface area (Å²) in [4.78, 5) is 21.7. The highest BCUT2D eigenvalue weighted by molar-refractivity contribution is 5.75. The molecule has 4 nitrogen and oxygen atoms in total. The Morgan fingerprint density at radius 1 is 1.46 bits per heavy atom. The first kappa shape index (κ1) is 7.79. The molecule has 0 spiro atoms. The number of furan rings is 1. The SMILES string of the molecule is O=CCn1ccc2occc2c1=O. The van der Waals surface area contributed by atoms with Crippen LogP contribution in [0.25, 0.3) is 11.0 Å². The van der Waals surface area contributed by atoms with E-state index in [1.165, 1.54) is 10.8 Å². The fraction of sp³-hybridized carbons (Fsp3) is 0.111. The largest absolute Gasteiger partial charge is 0.464 e. The first-order chi connectivity index (χ1) is 6.33. The van der Waals surface area contributed by atoms with E-state index in [9.17, 15) is 9.59 Å². The van der Waals surface area contributed by atoms with Crippen molar-refractivity contribution in [1.82, 2.24) is 4.57 Å². The van der Waals surface area contributed by atoms with E-state index in [0.717, 1.165) is 0 Å². The Labute approximate surface area is 73.4 Å². The van der Waals surface area contributed by atoms with Crippen molar-refractivity contribution in [3.63, 3.8) is 0 Å². The zero-order chi connectivity index (χ0) is 9.26. The standard InChI is InChI=1S/C9H7NO3/c11-5-4-10-3-1-8-7(9(10)12)2-6-13-8/h1-3,5-6H,4H2. The minimum atomic E-state index is -0.196. The molecule has 13 heavy (non-hydrogen) atoms. The van der Waals surface area contributed by atoms with Gasteiger partial charge in [0.1, 0.15) is 11.9 Å². The fourth-order valence-electron chi connectivity index (χ4n) is 1.23. The van der Waals surface area contributed by atoms with Gasteiger partial charge in [-0.3, -0.25) is 4.79 Å². The van der Waals surface area contributed by atoms with Gasteiger partial charge < -0.3 is 13.8 Å². The lowest BCUT2D eigenvalue weighted by atomic mass is 10.3. The molecule has 4 heteroatoms. The molecular formula is C9H7NO3. The molecule has 0 aliphatic carbocycles. The van der Waals surface area contributed by atoms with E-state index in [1.807, 2.05) is 0 Å². The predicted molar refractivity (Wildman–Crippen MR) is 46.5 cm³/mol. The molecule has 66 valence electrons. The smallest absolute Gasteiger partial charge is 0.262 e. The average molecular weight is 177 g/mol. The van der Waals surface area contributed by atoms with Gasteiger partial charge in [0.25, 0.3) is 5.56 Å². The molecule has 0 aliphatic rings. The summed E-state index contributed by atoms with van der Waals surface area (Å²) in [6.45, 7) is 0.0833. The topological polar surface area (TPSA) is 52.2 Å². The van der Waals surface area contributed by atoms with Crippen LogP contribution in [0.5, 0.6) is 0 Å². The monoisotopic (exact) mass is 177 g/mol. The van der Waals surface area contributed by atoms with E-state index in [1.54, 1.807) is 18.3 Å². The minimum absolute atomic E-state index is 0.0833. The molecule has 2 aromatic heterocycles. The maximum atomic E-state index is 11.5. The molecule has 0 fully saturated rings. The molecule has 0 N–H and O–H groups in total. The first-order valence-electron chi connectivity index (χ1n) is 3.83. The lowest BCUT2D eigenvalue weighted by molar-refractivity contribution is -0.108. The summed E-state index contributed by atoms with van der Waals surface area (Å²) >= 11 is 0. The van der Waals surface area contributed by atoms with Gasteiger partial charge in [-0.05, 0) is 12.1 Å². The van der Waals surface area contributed by atoms with Crippen LogP contribution in [0.3, 0.4) is 0 Å². The number of fused-ring (bicyclic) bond motifs is 1. The van der Waals surface area contributed by atoms with Crippen LogP contribution in [-0.2, 0) is 11.3 Å². The molecule has 0 saturated carbocycles. The molecule has 2 rings (SSSR count). The zero-order valence-corrected chi connectivity index (χ0v) is 6.77. The van der Waals surface area contributed by atoms with Crippen LogP contribution in [0.4, 0.5) is 0 Å². The summed E-state index contributed by atoms with van der Waals surface area (Å²) in [5.41, 5.74) is 0.352. The molecular weight excluding hydrogens is 170 g/mol. The quantitative estimate of drug-likeness (QED) is 0.637. The third-order valence-electron chi connectivity index (χ3n) is 1.86. The number of rotatable bonds is 2. The number of aldehydes is 1. The number of carbonyl (C=O) groups excluding carboxylic acids is 1. The van der Waals surface area contributed by atoms with E-state index in [-0.39, 0.29) is 12.1 Å². The minimum Gasteiger partial charge on any atom is -0.464 e. The Bertz CT molecular complexity index is 495. The lowest BCUT2D eigenvalue weighted by Crippen LogP contribution is -2.19. The molecule has 0 amide bonds. The van der Waals surface area contributed by atoms with Gasteiger partial charge in [-0.2, -0.15) is 0 Å². The van der Waals surface area contributed by atoms with Gasteiger partial charge >= 0.3 is 0 Å². The van der Waals surface area contributed by atoms with Gasteiger partial charge in [-0.15, -0.1) is 0 Å². The van der Waals surface area contributed by atoms with Crippen LogP contribution in [0.2, 0.25) is 0 Å². The van der Waals surface area contributed by atoms with Crippen molar-refractivity contribution in [3.05, 3.63) is 34.9 Å². The Balaban J connectivity index is 2.73. The van der Waals surface area contributed by atoms with Crippen molar-refractivity contribution in [2.45, 2.75) is 6.54 Å². The molecule has 0 saturated heterocycles. The van der Waals surface area contributed by atoms with Gasteiger partial charge in [-0.25, -0.2) is 0 Å². The zero-order valence-electron chi connectivity index (χ0n) is 6.77. The summed E-state index contributed by atoms with van der Waals surface area (Å²) in [5, 5.41) is 0.504. The predicted octanol–water partition coefficient (Wildman–Crippen LogP) is 0.793. The van der Waals surface area contributed by atoms with Crippen molar-refractivity contribution in [3.8, 4) is 0 Å². The van der Waals surface area contributed by atoms with E-state index >= 15 is 0 Å². The van der Waals surface area contributed by atoms with Gasteiger partial charge in [-0.1, -0.05) is 0 Å². The van der Waals surface area contributed by atoms with Gasteiger partial charge in [0, 0.05) is 6.20 Å². The van der Waals surface area contributed by atoms with Gasteiger partial charge in [0.05, 0.1) is 18.2 Å². The van der Waals surface area contributed by atoms with E-state index in [4.69, 9.17) is 4.42 Å². The van der Waals surface area contributed by atoms with Crippen LogP contribution < -0.4 is 5.56 Å². The van der Waals surface area contributed by atoms with E-state index < -0.39 is 0 Å². The Morgan fingerprint density at radius 2 is 2.31 bits per heavy atom. The Hall–Kier alpha value is -1.84. The van der Waals surface area contributed by atoms with E-state index in [2.05, 4.69) is 0 Å². The van der Waals surface area contributed by atoms with Crippen LogP contribution in [0.1, 0.15) is 0 Å². The summed E-state index contributed by atoms with van der Waals surface area (Å²) in [5.74, 6) is 0. The Kier molecular flexibility index (Phi) is 1.73. The number of aromatic nitrogens is 1. The Morgan fingerprint density at radius 3 is 3.08 bits per heavy atom. The van der Waals surface area contributed by atoms with Crippen LogP contribution in [0, 0.1) is 0 Å². The molecule has 0 unspecified atom stereocenters. The molecule has 2 aromatic rings. The maximum absolute atomic E-state index is 11.5. The van der Waals surface area contributed by atoms with Crippen molar-refractivity contribution >= 4 is 17.3 Å². The number of nitrogens with zero attached hydrogens (tertiary/aromatic N) is 1. The third kappa shape index (κ3) is 1.16. The van der Waals surface area contributed by atoms with Gasteiger partial charge in [0.2, 0.25) is 0 Å². The summed E-state index contributed by atoms with van der Waals surface area (Å²) in [6.07, 6.45) is 3.69. The normalized spacial score (nSPS) is 10.5. The number of pyridine rings is 1. The number of hydrogen-bond donors (Lipinski definition) is 0. The van der Waals surface area contributed by atoms with Crippen molar-refractivity contribution < 1.29 is 9.21 Å². The second kappa shape index (κ2) is 2.90. The second-order valence-electron chi connectivity index (χ2n) is 2.64. The first-order valence-corrected chi connectivity index (χ1v) is 3.83. The molecule has 0 aromatic carbocycles. The van der Waals surface area contributed by atoms with Crippen LogP contribution >= 0.6 is 0 Å². The highest BCUT2D eigenvalue weighted by atomic mass is 16.3. The number of carbonyl (C=O) groups is 1. The molecule has 0 radical (unpaired) electrons. The van der Waals surface area contributed by atoms with Crippen LogP contribution in [0.15, 0.2) is 33.8 Å². The number of hydrogen-bond acceptors (Lipinski definition) is 3. The van der Waals surface area contributed by atoms with Gasteiger partial charge in [0.15, 0.2) is 0 Å². The lowest BCUT2D eigenvalue weighted by Gasteiger charge is -1.98. The second-order valence-corrected chi connectivity index (χ2v) is 2.64. The summed E-state index contributed by atoms with van der Waals surface area (Å²) in [6, 6.07) is 3.26. The molecule has 0 atom stereocenters. The molecule has 0 aliphatic heterocycles. The van der Waals surface area contributed by atoms with Crippen molar-refractivity contribution in [1.29, 1.82) is 0 Å². The highest BCUT2D eigenvalue weighted by Gasteiger charge is 2.03. The summed E-state index contributed by atoms with van der Waals surface area (Å²) < 4.78 is 6.37. The van der Waals surface area contributed by atoms with E-state index in [0.29, 0.717) is 17.3 Å². The van der Waals surface area contributed by atoms with Crippen LogP contribution in [-0.4, -0.2) is 10.9 Å². The molecule has 2 heterocycles.